The van der Waals surface area contributed by atoms with Crippen LogP contribution in [-0.4, -0.2) is 46.1 Å². The van der Waals surface area contributed by atoms with E-state index in [1.807, 2.05) is 6.92 Å². The average Bonchev–Trinajstić information content (AvgIpc) is 3.07. The molecule has 0 radical (unpaired) electrons. The Bertz CT molecular complexity index is 375. The molecule has 2 N–H and O–H groups in total. The van der Waals surface area contributed by atoms with E-state index in [-0.39, 0.29) is 18.2 Å². The van der Waals surface area contributed by atoms with Gasteiger partial charge in [-0.1, -0.05) is 0 Å². The maximum absolute atomic E-state index is 11.7. The predicted molar refractivity (Wildman–Crippen MR) is 69.6 cm³/mol. The standard InChI is InChI=1S/C12H21N5O2/c1-10(11-4-2-7-19-11)16-12(18)14-5-3-6-17-9-13-8-15-17/h8-11H,2-7H2,1H3,(H2,14,16,18)/t10-,11+/m1/s1. The normalized spacial score (nSPS) is 20.2. The minimum Gasteiger partial charge on any atom is -0.376 e. The summed E-state index contributed by atoms with van der Waals surface area (Å²) in [5, 5.41) is 9.73. The second kappa shape index (κ2) is 7.08. The summed E-state index contributed by atoms with van der Waals surface area (Å²) in [6.07, 6.45) is 6.25. The zero-order valence-electron chi connectivity index (χ0n) is 11.2. The van der Waals surface area contributed by atoms with Gasteiger partial charge in [0.15, 0.2) is 0 Å². The highest BCUT2D eigenvalue weighted by atomic mass is 16.5. The van der Waals surface area contributed by atoms with Crippen LogP contribution in [0.2, 0.25) is 0 Å². The Hall–Kier alpha value is -1.63. The van der Waals surface area contributed by atoms with Gasteiger partial charge in [-0.3, -0.25) is 4.68 Å². The zero-order chi connectivity index (χ0) is 13.5. The van der Waals surface area contributed by atoms with Gasteiger partial charge in [0.2, 0.25) is 0 Å². The van der Waals surface area contributed by atoms with Crippen molar-refractivity contribution in [1.29, 1.82) is 0 Å². The maximum atomic E-state index is 11.7. The summed E-state index contributed by atoms with van der Waals surface area (Å²) >= 11 is 0. The predicted octanol–water partition coefficient (Wildman–Crippen LogP) is 0.535. The van der Waals surface area contributed by atoms with Crippen LogP contribution in [0.4, 0.5) is 4.79 Å². The molecule has 1 aliphatic heterocycles. The van der Waals surface area contributed by atoms with Gasteiger partial charge in [-0.05, 0) is 26.2 Å². The first kappa shape index (κ1) is 13.8. The highest BCUT2D eigenvalue weighted by Gasteiger charge is 2.23. The largest absolute Gasteiger partial charge is 0.376 e. The van der Waals surface area contributed by atoms with Gasteiger partial charge in [0.1, 0.15) is 12.7 Å². The van der Waals surface area contributed by atoms with Crippen LogP contribution >= 0.6 is 0 Å². The third-order valence-corrected chi connectivity index (χ3v) is 3.20. The number of nitrogens with zero attached hydrogens (tertiary/aromatic N) is 3. The van der Waals surface area contributed by atoms with E-state index >= 15 is 0 Å². The minimum atomic E-state index is -0.137. The molecule has 19 heavy (non-hydrogen) atoms. The molecular weight excluding hydrogens is 246 g/mol. The van der Waals surface area contributed by atoms with E-state index in [1.54, 1.807) is 11.0 Å². The van der Waals surface area contributed by atoms with Crippen LogP contribution in [0.3, 0.4) is 0 Å². The number of carbonyl (C=O) groups excluding carboxylic acids is 1. The van der Waals surface area contributed by atoms with E-state index in [0.717, 1.165) is 32.4 Å². The van der Waals surface area contributed by atoms with Crippen molar-refractivity contribution < 1.29 is 9.53 Å². The number of hydrogen-bond donors (Lipinski definition) is 2. The highest BCUT2D eigenvalue weighted by molar-refractivity contribution is 5.74. The van der Waals surface area contributed by atoms with Crippen LogP contribution in [0.25, 0.3) is 0 Å². The molecule has 2 amide bonds. The van der Waals surface area contributed by atoms with Crippen molar-refractivity contribution in [1.82, 2.24) is 25.4 Å². The first-order chi connectivity index (χ1) is 9.25. The van der Waals surface area contributed by atoms with Crippen LogP contribution in [-0.2, 0) is 11.3 Å². The Kier molecular flexibility index (Phi) is 5.14. The van der Waals surface area contributed by atoms with Crippen molar-refractivity contribution in [3.8, 4) is 0 Å². The summed E-state index contributed by atoms with van der Waals surface area (Å²) in [4.78, 5) is 15.5. The van der Waals surface area contributed by atoms with Gasteiger partial charge in [0.05, 0.1) is 12.1 Å². The van der Waals surface area contributed by atoms with Gasteiger partial charge < -0.3 is 15.4 Å². The Balaban J connectivity index is 1.56. The molecule has 0 bridgehead atoms. The number of rotatable bonds is 6. The van der Waals surface area contributed by atoms with Crippen LogP contribution in [0.15, 0.2) is 12.7 Å². The number of aromatic nitrogens is 3. The van der Waals surface area contributed by atoms with Gasteiger partial charge in [-0.2, -0.15) is 5.10 Å². The lowest BCUT2D eigenvalue weighted by atomic mass is 10.1. The Morgan fingerprint density at radius 3 is 3.21 bits per heavy atom. The van der Waals surface area contributed by atoms with E-state index in [1.165, 1.54) is 6.33 Å². The number of ether oxygens (including phenoxy) is 1. The van der Waals surface area contributed by atoms with Crippen molar-refractivity contribution in [3.05, 3.63) is 12.7 Å². The molecule has 0 aliphatic carbocycles. The number of hydrogen-bond acceptors (Lipinski definition) is 4. The Morgan fingerprint density at radius 1 is 1.63 bits per heavy atom. The first-order valence-electron chi connectivity index (χ1n) is 6.74. The van der Waals surface area contributed by atoms with E-state index in [4.69, 9.17) is 4.74 Å². The summed E-state index contributed by atoms with van der Waals surface area (Å²) in [6, 6.07) is -0.0839. The minimum absolute atomic E-state index is 0.0535. The van der Waals surface area contributed by atoms with Crippen LogP contribution in [0, 0.1) is 0 Å². The number of amides is 2. The van der Waals surface area contributed by atoms with Crippen molar-refractivity contribution in [2.24, 2.45) is 0 Å². The van der Waals surface area contributed by atoms with Gasteiger partial charge in [-0.25, -0.2) is 9.78 Å². The topological polar surface area (TPSA) is 81.1 Å². The molecule has 0 saturated carbocycles. The molecule has 7 heteroatoms. The molecule has 1 fully saturated rings. The smallest absolute Gasteiger partial charge is 0.315 e. The zero-order valence-corrected chi connectivity index (χ0v) is 11.2. The van der Waals surface area contributed by atoms with Crippen LogP contribution < -0.4 is 10.6 Å². The van der Waals surface area contributed by atoms with E-state index in [0.29, 0.717) is 6.54 Å². The lowest BCUT2D eigenvalue weighted by molar-refractivity contribution is 0.0860. The molecule has 106 valence electrons. The van der Waals surface area contributed by atoms with Gasteiger partial charge >= 0.3 is 6.03 Å². The molecule has 1 aromatic heterocycles. The van der Waals surface area contributed by atoms with Gasteiger partial charge in [-0.15, -0.1) is 0 Å². The molecule has 2 atom stereocenters. The molecule has 0 aromatic carbocycles. The van der Waals surface area contributed by atoms with Gasteiger partial charge in [0.25, 0.3) is 0 Å². The molecule has 2 rings (SSSR count). The third-order valence-electron chi connectivity index (χ3n) is 3.20. The molecule has 2 heterocycles. The molecule has 1 aliphatic rings. The summed E-state index contributed by atoms with van der Waals surface area (Å²) in [7, 11) is 0. The summed E-state index contributed by atoms with van der Waals surface area (Å²) in [5.41, 5.74) is 0. The highest BCUT2D eigenvalue weighted by Crippen LogP contribution is 2.15. The fourth-order valence-electron chi connectivity index (χ4n) is 2.14. The lowest BCUT2D eigenvalue weighted by Gasteiger charge is -2.20. The Labute approximate surface area is 112 Å². The quantitative estimate of drug-likeness (QED) is 0.737. The summed E-state index contributed by atoms with van der Waals surface area (Å²) in [6.45, 7) is 4.15. The van der Waals surface area contributed by atoms with Crippen LogP contribution in [0.1, 0.15) is 26.2 Å². The number of nitrogens with one attached hydrogen (secondary N) is 2. The second-order valence-corrected chi connectivity index (χ2v) is 4.75. The van der Waals surface area contributed by atoms with Crippen molar-refractivity contribution >= 4 is 6.03 Å². The second-order valence-electron chi connectivity index (χ2n) is 4.75. The van der Waals surface area contributed by atoms with Crippen molar-refractivity contribution in [2.45, 2.75) is 44.9 Å². The van der Waals surface area contributed by atoms with E-state index in [9.17, 15) is 4.79 Å². The summed E-state index contributed by atoms with van der Waals surface area (Å²) < 4.78 is 7.27. The Morgan fingerprint density at radius 2 is 2.53 bits per heavy atom. The molecular formula is C12H21N5O2. The fourth-order valence-corrected chi connectivity index (χ4v) is 2.14. The molecule has 7 nitrogen and oxygen atoms in total. The van der Waals surface area contributed by atoms with E-state index < -0.39 is 0 Å². The number of carbonyl (C=O) groups is 1. The van der Waals surface area contributed by atoms with Crippen molar-refractivity contribution in [3.63, 3.8) is 0 Å². The average molecular weight is 267 g/mol. The SMILES string of the molecule is C[C@@H](NC(=O)NCCCn1cncn1)[C@@H]1CCCO1. The first-order valence-corrected chi connectivity index (χ1v) is 6.74. The summed E-state index contributed by atoms with van der Waals surface area (Å²) in [5.74, 6) is 0. The number of urea groups is 1. The molecule has 0 spiro atoms. The molecule has 1 saturated heterocycles. The van der Waals surface area contributed by atoms with Crippen molar-refractivity contribution in [2.75, 3.05) is 13.2 Å². The molecule has 0 unspecified atom stereocenters. The third kappa shape index (κ3) is 4.51. The lowest BCUT2D eigenvalue weighted by Crippen LogP contribution is -2.46. The molecule has 1 aromatic rings. The van der Waals surface area contributed by atoms with Crippen LogP contribution in [0.5, 0.6) is 0 Å². The monoisotopic (exact) mass is 267 g/mol. The maximum Gasteiger partial charge on any atom is 0.315 e. The van der Waals surface area contributed by atoms with Gasteiger partial charge in [0, 0.05) is 19.7 Å². The fraction of sp³-hybridized carbons (Fsp3) is 0.750. The number of aryl methyl sites for hydroxylation is 1. The van der Waals surface area contributed by atoms with E-state index in [2.05, 4.69) is 20.7 Å².